The van der Waals surface area contributed by atoms with Crippen molar-refractivity contribution >= 4 is 40.0 Å². The molecule has 200 valence electrons. The normalized spacial score (nSPS) is 21.7. The zero-order valence-electron chi connectivity index (χ0n) is 20.7. The van der Waals surface area contributed by atoms with Crippen molar-refractivity contribution in [1.82, 2.24) is 20.1 Å². The largest absolute Gasteiger partial charge is 0.435 e. The number of nitrogens with zero attached hydrogens (tertiary/aromatic N) is 4. The molecular formula is C28H23ClF3N5O2. The number of urea groups is 1. The van der Waals surface area contributed by atoms with E-state index in [1.165, 1.54) is 19.4 Å². The number of hydrogen-bond acceptors (Lipinski definition) is 4. The van der Waals surface area contributed by atoms with Crippen LogP contribution in [0.5, 0.6) is 0 Å². The van der Waals surface area contributed by atoms with Gasteiger partial charge in [0.25, 0.3) is 0 Å². The Labute approximate surface area is 226 Å². The van der Waals surface area contributed by atoms with E-state index in [0.717, 1.165) is 20.4 Å². The van der Waals surface area contributed by atoms with E-state index in [9.17, 15) is 22.8 Å². The average molecular weight is 554 g/mol. The monoisotopic (exact) mass is 553 g/mol. The van der Waals surface area contributed by atoms with E-state index in [2.05, 4.69) is 15.4 Å². The summed E-state index contributed by atoms with van der Waals surface area (Å²) in [6.45, 7) is 0. The highest BCUT2D eigenvalue weighted by Gasteiger charge is 2.46. The number of aromatic nitrogens is 3. The number of aryl methyl sites for hydroxylation is 1. The summed E-state index contributed by atoms with van der Waals surface area (Å²) in [4.78, 5) is 32.3. The Bertz CT molecular complexity index is 1610. The molecule has 7 nitrogen and oxygen atoms in total. The fraction of sp³-hybridized carbons (Fsp3) is 0.286. The van der Waals surface area contributed by atoms with Gasteiger partial charge in [-0.2, -0.15) is 18.3 Å². The molecule has 1 N–H and O–H groups in total. The summed E-state index contributed by atoms with van der Waals surface area (Å²) >= 11 is 6.60. The van der Waals surface area contributed by atoms with Crippen LogP contribution in [-0.2, 0) is 18.0 Å². The molecule has 1 aliphatic carbocycles. The van der Waals surface area contributed by atoms with Crippen molar-refractivity contribution in [2.45, 2.75) is 37.4 Å². The number of alkyl halides is 3. The van der Waals surface area contributed by atoms with Gasteiger partial charge in [0, 0.05) is 46.8 Å². The average Bonchev–Trinajstić information content (AvgIpc) is 3.30. The van der Waals surface area contributed by atoms with Crippen molar-refractivity contribution in [1.29, 1.82) is 0 Å². The third-order valence-electron chi connectivity index (χ3n) is 7.64. The zero-order valence-corrected chi connectivity index (χ0v) is 21.5. The third kappa shape index (κ3) is 4.32. The molecule has 2 fully saturated rings. The molecule has 1 saturated carbocycles. The lowest BCUT2D eigenvalue weighted by Crippen LogP contribution is -2.61. The van der Waals surface area contributed by atoms with Gasteiger partial charge < -0.3 is 5.32 Å². The molecule has 6 rings (SSSR count). The lowest BCUT2D eigenvalue weighted by Gasteiger charge is -2.43. The lowest BCUT2D eigenvalue weighted by atomic mass is 9.72. The van der Waals surface area contributed by atoms with Gasteiger partial charge >= 0.3 is 12.2 Å². The summed E-state index contributed by atoms with van der Waals surface area (Å²) in [7, 11) is 1.44. The standard InChI is InChI=1S/C28H23ClF3N5O2/c1-36-14-20(25(35-36)28(30,31)32)18-7-4-8-21(29)24(18)15-9-10-19-22(11-15)34-27(39)37(26(19)38)23-13-33-12-16-5-2-3-6-17(16)23/h2-8,12-15,19,22H,9-11H2,1H3,(H,34,39). The number of anilines is 1. The van der Waals surface area contributed by atoms with Gasteiger partial charge in [-0.15, -0.1) is 0 Å². The van der Waals surface area contributed by atoms with Crippen LogP contribution in [-0.4, -0.2) is 32.7 Å². The van der Waals surface area contributed by atoms with E-state index < -0.39 is 29.9 Å². The number of nitrogens with one attached hydrogen (secondary N) is 1. The molecule has 3 heterocycles. The molecule has 1 aliphatic heterocycles. The van der Waals surface area contributed by atoms with Gasteiger partial charge in [0.15, 0.2) is 5.69 Å². The van der Waals surface area contributed by atoms with Gasteiger partial charge in [-0.05, 0) is 42.4 Å². The van der Waals surface area contributed by atoms with Crippen molar-refractivity contribution in [2.75, 3.05) is 4.90 Å². The van der Waals surface area contributed by atoms with Crippen molar-refractivity contribution in [2.24, 2.45) is 13.0 Å². The van der Waals surface area contributed by atoms with Crippen molar-refractivity contribution in [3.05, 3.63) is 77.3 Å². The number of carbonyl (C=O) groups excluding carboxylic acids is 2. The van der Waals surface area contributed by atoms with E-state index in [1.807, 2.05) is 24.3 Å². The number of halogens is 4. The Morgan fingerprint density at radius 1 is 1.03 bits per heavy atom. The number of carbonyl (C=O) groups is 2. The molecule has 2 aliphatic rings. The second-order valence-electron chi connectivity index (χ2n) is 9.99. The van der Waals surface area contributed by atoms with E-state index in [4.69, 9.17) is 11.6 Å². The minimum absolute atomic E-state index is 0.0528. The van der Waals surface area contributed by atoms with E-state index in [0.29, 0.717) is 41.1 Å². The number of benzene rings is 2. The molecule has 0 radical (unpaired) electrons. The molecule has 11 heteroatoms. The van der Waals surface area contributed by atoms with Crippen LogP contribution in [0.3, 0.4) is 0 Å². The van der Waals surface area contributed by atoms with Crippen LogP contribution < -0.4 is 10.2 Å². The molecule has 3 atom stereocenters. The van der Waals surface area contributed by atoms with Crippen molar-refractivity contribution in [3.8, 4) is 11.1 Å². The van der Waals surface area contributed by atoms with Crippen molar-refractivity contribution < 1.29 is 22.8 Å². The Morgan fingerprint density at radius 2 is 1.82 bits per heavy atom. The van der Waals surface area contributed by atoms with Gasteiger partial charge in [0.2, 0.25) is 5.91 Å². The molecule has 2 aromatic heterocycles. The number of amides is 3. The first kappa shape index (κ1) is 25.4. The van der Waals surface area contributed by atoms with Crippen LogP contribution in [0.25, 0.3) is 21.9 Å². The fourth-order valence-corrected chi connectivity index (χ4v) is 6.29. The quantitative estimate of drug-likeness (QED) is 0.322. The Morgan fingerprint density at radius 3 is 2.62 bits per heavy atom. The number of imide groups is 1. The molecule has 39 heavy (non-hydrogen) atoms. The molecule has 2 aromatic carbocycles. The summed E-state index contributed by atoms with van der Waals surface area (Å²) in [6.07, 6.45) is 1.20. The van der Waals surface area contributed by atoms with Crippen LogP contribution >= 0.6 is 11.6 Å². The van der Waals surface area contributed by atoms with Crippen LogP contribution in [0.1, 0.15) is 36.4 Å². The van der Waals surface area contributed by atoms with Gasteiger partial charge in [-0.25, -0.2) is 9.69 Å². The summed E-state index contributed by atoms with van der Waals surface area (Å²) in [6, 6.07) is 11.2. The molecule has 0 spiro atoms. The number of fused-ring (bicyclic) bond motifs is 2. The Kier molecular flexibility index (Phi) is 6.10. The molecule has 4 aromatic rings. The summed E-state index contributed by atoms with van der Waals surface area (Å²) in [5.41, 5.74) is 0.299. The highest BCUT2D eigenvalue weighted by Crippen LogP contribution is 2.47. The SMILES string of the molecule is Cn1cc(-c2cccc(Cl)c2C2CCC3C(=O)N(c4cncc5ccccc45)C(=O)NC3C2)c(C(F)(F)F)n1. The van der Waals surface area contributed by atoms with Gasteiger partial charge in [0.1, 0.15) is 0 Å². The topological polar surface area (TPSA) is 80.1 Å². The van der Waals surface area contributed by atoms with Crippen LogP contribution in [0.4, 0.5) is 23.7 Å². The molecular weight excluding hydrogens is 531 g/mol. The second kappa shape index (κ2) is 9.37. The minimum atomic E-state index is -4.64. The van der Waals surface area contributed by atoms with Gasteiger partial charge in [-0.3, -0.25) is 14.5 Å². The van der Waals surface area contributed by atoms with Crippen LogP contribution in [0, 0.1) is 5.92 Å². The smallest absolute Gasteiger partial charge is 0.334 e. The Hall–Kier alpha value is -3.92. The first-order valence-corrected chi connectivity index (χ1v) is 12.9. The maximum Gasteiger partial charge on any atom is 0.435 e. The number of hydrogen-bond donors (Lipinski definition) is 1. The highest BCUT2D eigenvalue weighted by atomic mass is 35.5. The molecule has 3 unspecified atom stereocenters. The first-order chi connectivity index (χ1) is 18.6. The van der Waals surface area contributed by atoms with Crippen LogP contribution in [0.15, 0.2) is 61.1 Å². The van der Waals surface area contributed by atoms with Crippen molar-refractivity contribution in [3.63, 3.8) is 0 Å². The predicted molar refractivity (Wildman–Crippen MR) is 140 cm³/mol. The van der Waals surface area contributed by atoms with E-state index in [1.54, 1.807) is 24.4 Å². The van der Waals surface area contributed by atoms with Gasteiger partial charge in [-0.1, -0.05) is 48.0 Å². The fourth-order valence-electron chi connectivity index (χ4n) is 5.97. The summed E-state index contributed by atoms with van der Waals surface area (Å²) < 4.78 is 42.5. The first-order valence-electron chi connectivity index (χ1n) is 12.5. The van der Waals surface area contributed by atoms with E-state index >= 15 is 0 Å². The zero-order chi connectivity index (χ0) is 27.5. The van der Waals surface area contributed by atoms with Crippen LogP contribution in [0.2, 0.25) is 5.02 Å². The summed E-state index contributed by atoms with van der Waals surface area (Å²) in [5, 5.41) is 8.52. The second-order valence-corrected chi connectivity index (χ2v) is 10.4. The third-order valence-corrected chi connectivity index (χ3v) is 7.97. The van der Waals surface area contributed by atoms with Gasteiger partial charge in [0.05, 0.1) is 17.8 Å². The number of rotatable bonds is 3. The molecule has 3 amide bonds. The Balaban J connectivity index is 1.33. The molecule has 0 bridgehead atoms. The maximum absolute atomic E-state index is 13.8. The maximum atomic E-state index is 13.8. The predicted octanol–water partition coefficient (Wildman–Crippen LogP) is 6.32. The lowest BCUT2D eigenvalue weighted by molar-refractivity contribution is -0.141. The number of pyridine rings is 1. The minimum Gasteiger partial charge on any atom is -0.334 e. The summed E-state index contributed by atoms with van der Waals surface area (Å²) in [5.74, 6) is -1.06. The molecule has 1 saturated heterocycles. The highest BCUT2D eigenvalue weighted by molar-refractivity contribution is 6.32. The van der Waals surface area contributed by atoms with E-state index in [-0.39, 0.29) is 17.4 Å².